The predicted octanol–water partition coefficient (Wildman–Crippen LogP) is 3.01. The summed E-state index contributed by atoms with van der Waals surface area (Å²) in [6, 6.07) is 0. The van der Waals surface area contributed by atoms with E-state index in [-0.39, 0.29) is 42.0 Å². The molecule has 5 N–H and O–H groups in total. The van der Waals surface area contributed by atoms with Crippen LogP contribution < -0.4 is 0 Å². The Hall–Kier alpha value is -1.93. The first-order valence-corrected chi connectivity index (χ1v) is 18.4. The minimum atomic E-state index is -1.72. The lowest BCUT2D eigenvalue weighted by Gasteiger charge is -2.70. The van der Waals surface area contributed by atoms with Crippen LogP contribution in [0.25, 0.3) is 0 Å². The van der Waals surface area contributed by atoms with Gasteiger partial charge in [0.1, 0.15) is 30.5 Å². The second-order valence-corrected chi connectivity index (χ2v) is 18.0. The van der Waals surface area contributed by atoms with E-state index < -0.39 is 88.5 Å². The number of hydrogen-bond acceptors (Lipinski definition) is 11. The topological polar surface area (TPSA) is 189 Å². The Labute approximate surface area is 294 Å². The lowest BCUT2D eigenvalue weighted by Crippen LogP contribution is -2.71. The number of carbonyl (C=O) groups is 3. The molecule has 12 heteroatoms. The van der Waals surface area contributed by atoms with E-state index >= 15 is 0 Å². The number of fused-ring (bicyclic) bond motifs is 7. The summed E-state index contributed by atoms with van der Waals surface area (Å²) in [6.07, 6.45) is -4.26. The summed E-state index contributed by atoms with van der Waals surface area (Å²) in [5.74, 6) is -2.70. The number of methoxy groups -OCH3 is 1. The van der Waals surface area contributed by atoms with Crippen LogP contribution in [0.5, 0.6) is 0 Å². The van der Waals surface area contributed by atoms with Crippen molar-refractivity contribution < 1.29 is 58.9 Å². The van der Waals surface area contributed by atoms with Gasteiger partial charge in [-0.2, -0.15) is 0 Å². The number of Topliss-reactive ketones (excluding diaryl/α,β-unsaturated/α-hetero) is 1. The number of aliphatic carboxylic acids is 1. The van der Waals surface area contributed by atoms with Gasteiger partial charge in [0.2, 0.25) is 0 Å². The van der Waals surface area contributed by atoms with Gasteiger partial charge in [-0.05, 0) is 98.7 Å². The van der Waals surface area contributed by atoms with Gasteiger partial charge < -0.3 is 44.5 Å². The first-order chi connectivity index (χ1) is 23.2. The monoisotopic (exact) mass is 706 g/mol. The van der Waals surface area contributed by atoms with Gasteiger partial charge in [0.05, 0.1) is 23.5 Å². The molecule has 4 saturated carbocycles. The van der Waals surface area contributed by atoms with Crippen LogP contribution in [0.15, 0.2) is 11.6 Å². The molecule has 6 rings (SSSR count). The highest BCUT2D eigenvalue weighted by Gasteiger charge is 2.73. The molecule has 0 amide bonds. The molecule has 0 aromatic carbocycles. The van der Waals surface area contributed by atoms with E-state index in [4.69, 9.17) is 18.9 Å². The minimum absolute atomic E-state index is 0.0901. The molecule has 1 heterocycles. The Morgan fingerprint density at radius 2 is 1.64 bits per heavy atom. The fraction of sp³-hybridized carbons (Fsp3) is 0.868. The van der Waals surface area contributed by atoms with Crippen molar-refractivity contribution in [2.45, 2.75) is 142 Å². The van der Waals surface area contributed by atoms with Gasteiger partial charge in [0.25, 0.3) is 0 Å². The summed E-state index contributed by atoms with van der Waals surface area (Å²) >= 11 is 0. The molecule has 0 radical (unpaired) electrons. The highest BCUT2D eigenvalue weighted by Crippen LogP contribution is 2.74. The maximum absolute atomic E-state index is 14.5. The smallest absolute Gasteiger partial charge is 0.312 e. The molecule has 0 spiro atoms. The highest BCUT2D eigenvalue weighted by molar-refractivity contribution is 5.94. The Morgan fingerprint density at radius 3 is 2.26 bits per heavy atom. The van der Waals surface area contributed by atoms with Gasteiger partial charge in [0.15, 0.2) is 18.2 Å². The number of hydrogen-bond donors (Lipinski definition) is 5. The SMILES string of the molecule is COC[C@H]1O[C@@H](O[C@H]2[C@@H](O)C[C@@]3(C)C(CC[C@]4(C)[C@@H]3CC=C3[C@@H]5CC(C)(C)CC[C@@H]5[C@@H](O)C(=O)[C@]34C)[C@]2(C)C(=O)O)[C@H](O)[C@@H](O)[C@@H]1OC(C)=O. The van der Waals surface area contributed by atoms with Gasteiger partial charge in [-0.15, -0.1) is 0 Å². The number of carboxylic acid groups (broad SMARTS) is 1. The van der Waals surface area contributed by atoms with Gasteiger partial charge in [-0.25, -0.2) is 0 Å². The minimum Gasteiger partial charge on any atom is -0.481 e. The van der Waals surface area contributed by atoms with E-state index in [1.165, 1.54) is 7.11 Å². The first kappa shape index (κ1) is 37.8. The Bertz CT molecular complexity index is 1410. The summed E-state index contributed by atoms with van der Waals surface area (Å²) in [7, 11) is 1.39. The lowest BCUT2D eigenvalue weighted by atomic mass is 9.34. The molecule has 1 aliphatic heterocycles. The van der Waals surface area contributed by atoms with Crippen molar-refractivity contribution in [1.29, 1.82) is 0 Å². The molecule has 1 unspecified atom stereocenters. The van der Waals surface area contributed by atoms with Crippen molar-refractivity contribution in [2.24, 2.45) is 50.7 Å². The highest BCUT2D eigenvalue weighted by atomic mass is 16.7. The van der Waals surface area contributed by atoms with Crippen molar-refractivity contribution >= 4 is 17.7 Å². The number of ether oxygens (including phenoxy) is 4. The number of rotatable bonds is 6. The van der Waals surface area contributed by atoms with E-state index in [1.54, 1.807) is 6.92 Å². The predicted molar refractivity (Wildman–Crippen MR) is 178 cm³/mol. The first-order valence-electron chi connectivity index (χ1n) is 18.4. The van der Waals surface area contributed by atoms with Crippen molar-refractivity contribution in [2.75, 3.05) is 13.7 Å². The van der Waals surface area contributed by atoms with E-state index in [1.807, 2.05) is 13.8 Å². The number of aliphatic hydroxyl groups is 4. The van der Waals surface area contributed by atoms with Crippen molar-refractivity contribution in [1.82, 2.24) is 0 Å². The third-order valence-corrected chi connectivity index (χ3v) is 14.9. The summed E-state index contributed by atoms with van der Waals surface area (Å²) in [6.45, 7) is 13.3. The van der Waals surface area contributed by atoms with Gasteiger partial charge in [-0.3, -0.25) is 14.4 Å². The normalized spacial score (nSPS) is 51.3. The number of ketones is 1. The van der Waals surface area contributed by atoms with Crippen LogP contribution in [-0.2, 0) is 33.3 Å². The molecule has 0 aromatic heterocycles. The number of carboxylic acids is 1. The van der Waals surface area contributed by atoms with Gasteiger partial charge in [-0.1, -0.05) is 39.3 Å². The Balaban J connectivity index is 1.34. The zero-order chi connectivity index (χ0) is 36.9. The van der Waals surface area contributed by atoms with Crippen molar-refractivity contribution in [3.05, 3.63) is 11.6 Å². The molecule has 50 heavy (non-hydrogen) atoms. The Kier molecular flexibility index (Phi) is 9.52. The number of aliphatic hydroxyl groups excluding tert-OH is 4. The lowest BCUT2D eigenvalue weighted by molar-refractivity contribution is -0.341. The second-order valence-electron chi connectivity index (χ2n) is 18.0. The van der Waals surface area contributed by atoms with Gasteiger partial charge in [0, 0.05) is 14.0 Å². The van der Waals surface area contributed by atoms with E-state index in [9.17, 15) is 39.9 Å². The van der Waals surface area contributed by atoms with Crippen LogP contribution in [-0.4, -0.2) is 106 Å². The summed E-state index contributed by atoms with van der Waals surface area (Å²) in [4.78, 5) is 39.7. The second kappa shape index (κ2) is 12.6. The molecule has 0 aromatic rings. The van der Waals surface area contributed by atoms with Crippen LogP contribution in [0.2, 0.25) is 0 Å². The average molecular weight is 707 g/mol. The van der Waals surface area contributed by atoms with Crippen molar-refractivity contribution in [3.63, 3.8) is 0 Å². The summed E-state index contributed by atoms with van der Waals surface area (Å²) in [5.41, 5.74) is -2.74. The van der Waals surface area contributed by atoms with Crippen LogP contribution in [0.3, 0.4) is 0 Å². The van der Waals surface area contributed by atoms with E-state index in [2.05, 4.69) is 26.8 Å². The summed E-state index contributed by atoms with van der Waals surface area (Å²) < 4.78 is 22.6. The van der Waals surface area contributed by atoms with Crippen molar-refractivity contribution in [3.8, 4) is 0 Å². The fourth-order valence-electron chi connectivity index (χ4n) is 12.3. The molecular formula is C38H58O12. The van der Waals surface area contributed by atoms with Crippen LogP contribution in [0.4, 0.5) is 0 Å². The molecule has 16 atom stereocenters. The zero-order valence-corrected chi connectivity index (χ0v) is 30.8. The Morgan fingerprint density at radius 1 is 0.960 bits per heavy atom. The van der Waals surface area contributed by atoms with Crippen LogP contribution >= 0.6 is 0 Å². The maximum atomic E-state index is 14.5. The summed E-state index contributed by atoms with van der Waals surface area (Å²) in [5, 5.41) is 56.6. The molecule has 6 aliphatic rings. The largest absolute Gasteiger partial charge is 0.481 e. The van der Waals surface area contributed by atoms with E-state index in [0.29, 0.717) is 19.3 Å². The molecule has 1 saturated heterocycles. The number of allylic oxidation sites excluding steroid dienone is 2. The molecule has 0 bridgehead atoms. The third kappa shape index (κ3) is 5.28. The standard InChI is InChI=1S/C38H58O12/c1-18(39)48-29-23(17-47-8)49-32(28(43)27(29)42)50-31-22(40)16-35(4)24-10-9-21-20-15-34(2,3)13-11-19(20)26(41)30(44)38(21,7)36(24,5)14-12-25(35)37(31,6)33(45)46/h9,19-20,22-29,31-32,40-43H,10-17H2,1-8H3,(H,45,46)/t19-,20+,22-,23+,24+,25?,26+,27+,28+,29+,31-,32-,35+,36+,37-,38-/m0/s1. The molecule has 5 fully saturated rings. The third-order valence-electron chi connectivity index (χ3n) is 14.9. The number of carbonyl (C=O) groups excluding carboxylic acids is 2. The molecular weight excluding hydrogens is 648 g/mol. The molecule has 282 valence electrons. The average Bonchev–Trinajstić information content (AvgIpc) is 3.02. The fourth-order valence-corrected chi connectivity index (χ4v) is 12.3. The van der Waals surface area contributed by atoms with E-state index in [0.717, 1.165) is 31.8 Å². The quantitative estimate of drug-likeness (QED) is 0.155. The van der Waals surface area contributed by atoms with Crippen LogP contribution in [0, 0.1) is 50.7 Å². The molecule has 5 aliphatic carbocycles. The maximum Gasteiger partial charge on any atom is 0.312 e. The van der Waals surface area contributed by atoms with Crippen LogP contribution in [0.1, 0.15) is 93.4 Å². The zero-order valence-electron chi connectivity index (χ0n) is 30.8. The van der Waals surface area contributed by atoms with Gasteiger partial charge >= 0.3 is 11.9 Å². The number of esters is 1. The molecule has 12 nitrogen and oxygen atoms in total.